The van der Waals surface area contributed by atoms with Crippen LogP contribution in [0.4, 0.5) is 0 Å². The van der Waals surface area contributed by atoms with Crippen LogP contribution in [0.15, 0.2) is 24.3 Å². The summed E-state index contributed by atoms with van der Waals surface area (Å²) in [7, 11) is 0. The minimum atomic E-state index is -1.04. The highest BCUT2D eigenvalue weighted by Gasteiger charge is 2.16. The van der Waals surface area contributed by atoms with E-state index in [9.17, 15) is 9.90 Å². The molecule has 1 rings (SSSR count). The monoisotopic (exact) mass is 211 g/mol. The first-order chi connectivity index (χ1) is 6.52. The lowest BCUT2D eigenvalue weighted by Crippen LogP contribution is -2.32. The molecule has 0 aliphatic carbocycles. The Morgan fingerprint density at radius 1 is 1.29 bits per heavy atom. The highest BCUT2D eigenvalue weighted by Crippen LogP contribution is 2.24. The van der Waals surface area contributed by atoms with E-state index in [0.717, 1.165) is 5.56 Å². The van der Waals surface area contributed by atoms with Crippen LogP contribution in [-0.4, -0.2) is 5.97 Å². The van der Waals surface area contributed by atoms with Gasteiger partial charge in [0.25, 0.3) is 0 Å². The number of aliphatic carboxylic acids is 1. The molecule has 0 unspecified atom stereocenters. The molecule has 0 aromatic heterocycles. The molecule has 0 bridgehead atoms. The zero-order chi connectivity index (χ0) is 10.7. The van der Waals surface area contributed by atoms with E-state index in [0.29, 0.717) is 5.02 Å². The fourth-order valence-electron chi connectivity index (χ4n) is 1.46. The van der Waals surface area contributed by atoms with Crippen LogP contribution in [0.3, 0.4) is 0 Å². The molecule has 2 nitrogen and oxygen atoms in total. The lowest BCUT2D eigenvalue weighted by Gasteiger charge is -2.22. The highest BCUT2D eigenvalue weighted by molar-refractivity contribution is 6.30. The average molecular weight is 212 g/mol. The van der Waals surface area contributed by atoms with E-state index in [1.54, 1.807) is 24.3 Å². The maximum Gasteiger partial charge on any atom is 0.0491 e. The van der Waals surface area contributed by atoms with E-state index in [-0.39, 0.29) is 5.92 Å². The normalized spacial score (nSPS) is 12.9. The Morgan fingerprint density at radius 2 is 1.79 bits per heavy atom. The zero-order valence-electron chi connectivity index (χ0n) is 8.16. The van der Waals surface area contributed by atoms with Crippen LogP contribution in [0.2, 0.25) is 5.02 Å². The first-order valence-electron chi connectivity index (χ1n) is 4.48. The molecule has 1 aromatic carbocycles. The van der Waals surface area contributed by atoms with Crippen LogP contribution >= 0.6 is 11.6 Å². The number of halogens is 1. The molecule has 0 aliphatic heterocycles. The van der Waals surface area contributed by atoms with Gasteiger partial charge in [0.15, 0.2) is 0 Å². The van der Waals surface area contributed by atoms with Crippen LogP contribution < -0.4 is 5.11 Å². The van der Waals surface area contributed by atoms with Crippen molar-refractivity contribution in [3.63, 3.8) is 0 Å². The highest BCUT2D eigenvalue weighted by atomic mass is 35.5. The summed E-state index contributed by atoms with van der Waals surface area (Å²) in [5, 5.41) is 11.5. The summed E-state index contributed by atoms with van der Waals surface area (Å²) < 4.78 is 0. The molecule has 0 N–H and O–H groups in total. The molecule has 1 atom stereocenters. The van der Waals surface area contributed by atoms with Crippen molar-refractivity contribution in [2.45, 2.75) is 19.8 Å². The summed E-state index contributed by atoms with van der Waals surface area (Å²) in [4.78, 5) is 10.9. The summed E-state index contributed by atoms with van der Waals surface area (Å²) in [6, 6.07) is 6.83. The Bertz CT molecular complexity index is 317. The molecule has 1 aromatic rings. The second kappa shape index (κ2) is 4.47. The van der Waals surface area contributed by atoms with Crippen molar-refractivity contribution in [1.82, 2.24) is 0 Å². The van der Waals surface area contributed by atoms with Crippen molar-refractivity contribution < 1.29 is 9.90 Å². The molecule has 0 heterocycles. The SMILES string of the molecule is CC(C)[C@H](C(=O)[O-])c1ccc(Cl)cc1. The Kier molecular flexibility index (Phi) is 3.53. The second-order valence-corrected chi connectivity index (χ2v) is 4.03. The number of carboxylic acids is 1. The number of hydrogen-bond donors (Lipinski definition) is 0. The van der Waals surface area contributed by atoms with Gasteiger partial charge < -0.3 is 9.90 Å². The van der Waals surface area contributed by atoms with E-state index >= 15 is 0 Å². The molecular formula is C11H12ClO2-. The maximum absolute atomic E-state index is 10.9. The molecule has 0 aliphatic rings. The molecule has 0 saturated heterocycles. The quantitative estimate of drug-likeness (QED) is 0.766. The average Bonchev–Trinajstić information content (AvgIpc) is 2.07. The van der Waals surface area contributed by atoms with E-state index in [2.05, 4.69) is 0 Å². The fraction of sp³-hybridized carbons (Fsp3) is 0.364. The van der Waals surface area contributed by atoms with Crippen LogP contribution in [0.1, 0.15) is 25.3 Å². The predicted octanol–water partition coefficient (Wildman–Crippen LogP) is 1.83. The van der Waals surface area contributed by atoms with E-state index < -0.39 is 11.9 Å². The third kappa shape index (κ3) is 2.48. The van der Waals surface area contributed by atoms with Crippen molar-refractivity contribution >= 4 is 17.6 Å². The standard InChI is InChI=1S/C11H13ClO2/c1-7(2)10(11(13)14)8-3-5-9(12)6-4-8/h3-7,10H,1-2H3,(H,13,14)/p-1/t10-/m0/s1. The Labute approximate surface area is 88.5 Å². The fourth-order valence-corrected chi connectivity index (χ4v) is 1.59. The summed E-state index contributed by atoms with van der Waals surface area (Å²) in [6.45, 7) is 3.71. The van der Waals surface area contributed by atoms with Gasteiger partial charge in [-0.25, -0.2) is 0 Å². The van der Waals surface area contributed by atoms with Gasteiger partial charge >= 0.3 is 0 Å². The number of hydrogen-bond acceptors (Lipinski definition) is 2. The summed E-state index contributed by atoms with van der Waals surface area (Å²) in [5.74, 6) is -1.59. The second-order valence-electron chi connectivity index (χ2n) is 3.59. The molecule has 0 radical (unpaired) electrons. The molecule has 0 fully saturated rings. The maximum atomic E-state index is 10.9. The van der Waals surface area contributed by atoms with E-state index in [4.69, 9.17) is 11.6 Å². The minimum Gasteiger partial charge on any atom is -0.549 e. The topological polar surface area (TPSA) is 40.1 Å². The van der Waals surface area contributed by atoms with Gasteiger partial charge in [-0.3, -0.25) is 0 Å². The van der Waals surface area contributed by atoms with Crippen LogP contribution in [-0.2, 0) is 4.79 Å². The van der Waals surface area contributed by atoms with Gasteiger partial charge in [0.05, 0.1) is 0 Å². The van der Waals surface area contributed by atoms with Crippen molar-refractivity contribution in [2.24, 2.45) is 5.92 Å². The zero-order valence-corrected chi connectivity index (χ0v) is 8.91. The molecular weight excluding hydrogens is 200 g/mol. The van der Waals surface area contributed by atoms with E-state index in [1.165, 1.54) is 0 Å². The number of carbonyl (C=O) groups is 1. The Balaban J connectivity index is 3.00. The Hall–Kier alpha value is -1.02. The first-order valence-corrected chi connectivity index (χ1v) is 4.86. The number of benzene rings is 1. The van der Waals surface area contributed by atoms with Crippen molar-refractivity contribution in [1.29, 1.82) is 0 Å². The van der Waals surface area contributed by atoms with Gasteiger partial charge in [-0.2, -0.15) is 0 Å². The van der Waals surface area contributed by atoms with Crippen LogP contribution in [0.5, 0.6) is 0 Å². The van der Waals surface area contributed by atoms with Gasteiger partial charge in [-0.1, -0.05) is 37.6 Å². The molecule has 14 heavy (non-hydrogen) atoms. The van der Waals surface area contributed by atoms with Crippen LogP contribution in [0.25, 0.3) is 0 Å². The van der Waals surface area contributed by atoms with Crippen molar-refractivity contribution in [2.75, 3.05) is 0 Å². The minimum absolute atomic E-state index is 0.0150. The molecule has 76 valence electrons. The lowest BCUT2D eigenvalue weighted by atomic mass is 9.89. The molecule has 3 heteroatoms. The third-order valence-corrected chi connectivity index (χ3v) is 2.40. The predicted molar refractivity (Wildman–Crippen MR) is 54.0 cm³/mol. The summed E-state index contributed by atoms with van der Waals surface area (Å²) in [5.41, 5.74) is 0.740. The van der Waals surface area contributed by atoms with Crippen molar-refractivity contribution in [3.8, 4) is 0 Å². The van der Waals surface area contributed by atoms with E-state index in [1.807, 2.05) is 13.8 Å². The molecule has 0 spiro atoms. The first kappa shape index (κ1) is 11.1. The van der Waals surface area contributed by atoms with Gasteiger partial charge in [0.2, 0.25) is 0 Å². The Morgan fingerprint density at radius 3 is 2.14 bits per heavy atom. The largest absolute Gasteiger partial charge is 0.549 e. The van der Waals surface area contributed by atoms with Gasteiger partial charge in [0.1, 0.15) is 0 Å². The third-order valence-electron chi connectivity index (χ3n) is 2.15. The van der Waals surface area contributed by atoms with Gasteiger partial charge in [0, 0.05) is 16.9 Å². The molecule has 0 amide bonds. The lowest BCUT2D eigenvalue weighted by molar-refractivity contribution is -0.309. The van der Waals surface area contributed by atoms with Crippen molar-refractivity contribution in [3.05, 3.63) is 34.9 Å². The number of rotatable bonds is 3. The summed E-state index contributed by atoms with van der Waals surface area (Å²) >= 11 is 5.71. The number of carboxylic acid groups (broad SMARTS) is 1. The molecule has 0 saturated carbocycles. The number of carbonyl (C=O) groups excluding carboxylic acids is 1. The smallest absolute Gasteiger partial charge is 0.0491 e. The van der Waals surface area contributed by atoms with Gasteiger partial charge in [-0.05, 0) is 23.6 Å². The van der Waals surface area contributed by atoms with Crippen LogP contribution in [0, 0.1) is 5.92 Å². The summed E-state index contributed by atoms with van der Waals surface area (Å²) in [6.07, 6.45) is 0. The van der Waals surface area contributed by atoms with Gasteiger partial charge in [-0.15, -0.1) is 0 Å².